The smallest absolute Gasteiger partial charge is 0.231 e. The minimum absolute atomic E-state index is 0.0969. The van der Waals surface area contributed by atoms with E-state index in [-0.39, 0.29) is 19.8 Å². The third-order valence-electron chi connectivity index (χ3n) is 6.71. The van der Waals surface area contributed by atoms with E-state index in [0.717, 1.165) is 62.7 Å². The maximum absolute atomic E-state index is 5.97. The van der Waals surface area contributed by atoms with Crippen molar-refractivity contribution in [3.05, 3.63) is 77.9 Å². The van der Waals surface area contributed by atoms with Crippen LogP contribution in [-0.2, 0) is 6.54 Å². The maximum Gasteiger partial charge on any atom is 0.231 e. The topological polar surface area (TPSA) is 52.2 Å². The fraction of sp³-hybridized carbons (Fsp3) is 0.185. The first kappa shape index (κ1) is 18.7. The molecule has 3 aliphatic heterocycles. The highest BCUT2D eigenvalue weighted by molar-refractivity contribution is 6.05. The summed E-state index contributed by atoms with van der Waals surface area (Å²) in [5.41, 5.74) is 5.80. The Kier molecular flexibility index (Phi) is 3.98. The zero-order valence-electron chi connectivity index (χ0n) is 18.1. The molecule has 0 radical (unpaired) electrons. The molecule has 0 saturated heterocycles. The molecule has 0 bridgehead atoms. The van der Waals surface area contributed by atoms with Gasteiger partial charge in [-0.1, -0.05) is 42.5 Å². The first-order valence-corrected chi connectivity index (χ1v) is 11.1. The molecule has 0 aromatic heterocycles. The molecule has 4 aromatic rings. The zero-order chi connectivity index (χ0) is 21.9. The molecule has 164 valence electrons. The van der Waals surface area contributed by atoms with Crippen LogP contribution in [0.1, 0.15) is 17.3 Å². The van der Waals surface area contributed by atoms with Crippen LogP contribution in [-0.4, -0.2) is 20.6 Å². The summed E-state index contributed by atoms with van der Waals surface area (Å²) < 4.78 is 23.0. The summed E-state index contributed by atoms with van der Waals surface area (Å²) in [7, 11) is 2.13. The number of fused-ring (bicyclic) bond motifs is 8. The Morgan fingerprint density at radius 3 is 2.45 bits per heavy atom. The van der Waals surface area contributed by atoms with Crippen molar-refractivity contribution in [2.45, 2.75) is 12.7 Å². The number of ether oxygens (including phenoxy) is 4. The lowest BCUT2D eigenvalue weighted by molar-refractivity contribution is 0.172. The summed E-state index contributed by atoms with van der Waals surface area (Å²) in [5.74, 6) is 3.20. The van der Waals surface area contributed by atoms with E-state index in [1.54, 1.807) is 0 Å². The molecule has 1 N–H and O–H groups in total. The molecule has 0 saturated carbocycles. The molecule has 0 aliphatic carbocycles. The third kappa shape index (κ3) is 2.77. The van der Waals surface area contributed by atoms with Crippen LogP contribution in [0.5, 0.6) is 23.0 Å². The number of hydrogen-bond acceptors (Lipinski definition) is 6. The lowest BCUT2D eigenvalue weighted by Crippen LogP contribution is -2.38. The van der Waals surface area contributed by atoms with Crippen LogP contribution in [0.3, 0.4) is 0 Å². The standard InChI is InChI=1S/C27H22N2O4/c1-29-25-19(8-7-17-11-22-23(12-20(17)25)32-14-31-22)18-9-10-21-26(33-15-30-21)24(18)27(29)28-13-16-5-3-2-4-6-16/h2-12,27-28H,13-15H2,1H3. The lowest BCUT2D eigenvalue weighted by atomic mass is 9.88. The summed E-state index contributed by atoms with van der Waals surface area (Å²) >= 11 is 0. The van der Waals surface area contributed by atoms with Gasteiger partial charge in [0, 0.05) is 30.1 Å². The first-order valence-electron chi connectivity index (χ1n) is 11.1. The predicted molar refractivity (Wildman–Crippen MR) is 126 cm³/mol. The Morgan fingerprint density at radius 2 is 1.58 bits per heavy atom. The van der Waals surface area contributed by atoms with E-state index in [2.05, 4.69) is 71.9 Å². The molecule has 6 nitrogen and oxygen atoms in total. The van der Waals surface area contributed by atoms with E-state index in [1.165, 1.54) is 5.56 Å². The predicted octanol–water partition coefficient (Wildman–Crippen LogP) is 5.20. The average molecular weight is 438 g/mol. The molecule has 0 amide bonds. The first-order chi connectivity index (χ1) is 16.3. The highest BCUT2D eigenvalue weighted by Gasteiger charge is 2.36. The molecule has 6 heteroatoms. The van der Waals surface area contributed by atoms with Gasteiger partial charge in [0.25, 0.3) is 0 Å². The molecule has 0 spiro atoms. The van der Waals surface area contributed by atoms with E-state index >= 15 is 0 Å². The van der Waals surface area contributed by atoms with Crippen molar-refractivity contribution in [2.75, 3.05) is 25.5 Å². The van der Waals surface area contributed by atoms with Gasteiger partial charge in [-0.05, 0) is 40.8 Å². The highest BCUT2D eigenvalue weighted by atomic mass is 16.7. The number of benzene rings is 4. The fourth-order valence-corrected chi connectivity index (χ4v) is 5.17. The number of rotatable bonds is 3. The van der Waals surface area contributed by atoms with Gasteiger partial charge in [0.15, 0.2) is 23.0 Å². The van der Waals surface area contributed by atoms with Crippen LogP contribution < -0.4 is 29.2 Å². The van der Waals surface area contributed by atoms with Gasteiger partial charge in [-0.3, -0.25) is 5.32 Å². The number of hydrogen-bond donors (Lipinski definition) is 1. The molecule has 1 atom stereocenters. The van der Waals surface area contributed by atoms with Crippen molar-refractivity contribution in [1.29, 1.82) is 0 Å². The molecule has 7 rings (SSSR count). The number of nitrogens with zero attached hydrogens (tertiary/aromatic N) is 1. The van der Waals surface area contributed by atoms with Crippen LogP contribution in [0.2, 0.25) is 0 Å². The maximum atomic E-state index is 5.97. The van der Waals surface area contributed by atoms with Gasteiger partial charge in [-0.2, -0.15) is 0 Å². The molecular weight excluding hydrogens is 416 g/mol. The van der Waals surface area contributed by atoms with Gasteiger partial charge in [0.2, 0.25) is 13.6 Å². The Bertz CT molecular complexity index is 1400. The van der Waals surface area contributed by atoms with E-state index in [1.807, 2.05) is 12.1 Å². The van der Waals surface area contributed by atoms with Crippen molar-refractivity contribution >= 4 is 16.5 Å². The Morgan fingerprint density at radius 1 is 0.818 bits per heavy atom. The summed E-state index contributed by atoms with van der Waals surface area (Å²) in [5, 5.41) is 6.02. The minimum atomic E-state index is -0.0969. The van der Waals surface area contributed by atoms with Crippen LogP contribution in [0, 0.1) is 0 Å². The average Bonchev–Trinajstić information content (AvgIpc) is 3.51. The van der Waals surface area contributed by atoms with Crippen LogP contribution in [0.25, 0.3) is 21.9 Å². The minimum Gasteiger partial charge on any atom is -0.454 e. The van der Waals surface area contributed by atoms with Crippen molar-refractivity contribution in [3.63, 3.8) is 0 Å². The Labute approximate surface area is 191 Å². The number of anilines is 1. The van der Waals surface area contributed by atoms with Crippen molar-refractivity contribution in [2.24, 2.45) is 0 Å². The van der Waals surface area contributed by atoms with Gasteiger partial charge in [0.05, 0.1) is 5.69 Å². The second-order valence-corrected chi connectivity index (χ2v) is 8.53. The van der Waals surface area contributed by atoms with E-state index < -0.39 is 0 Å². The summed E-state index contributed by atoms with van der Waals surface area (Å²) in [6.45, 7) is 1.23. The quantitative estimate of drug-likeness (QED) is 0.474. The summed E-state index contributed by atoms with van der Waals surface area (Å²) in [6, 6.07) is 23.1. The third-order valence-corrected chi connectivity index (χ3v) is 6.71. The molecule has 33 heavy (non-hydrogen) atoms. The molecule has 1 unspecified atom stereocenters. The van der Waals surface area contributed by atoms with Gasteiger partial charge in [-0.25, -0.2) is 0 Å². The number of nitrogens with one attached hydrogen (secondary N) is 1. The summed E-state index contributed by atoms with van der Waals surface area (Å²) in [6.07, 6.45) is -0.0969. The van der Waals surface area contributed by atoms with E-state index in [4.69, 9.17) is 18.9 Å². The second kappa shape index (κ2) is 7.05. The van der Waals surface area contributed by atoms with Crippen molar-refractivity contribution < 1.29 is 18.9 Å². The SMILES string of the molecule is CN1c2c(ccc3cc4c(cc23)OCO4)-c2ccc3c(c2C1NCc1ccccc1)OCO3. The molecule has 3 aliphatic rings. The van der Waals surface area contributed by atoms with Gasteiger partial charge >= 0.3 is 0 Å². The highest BCUT2D eigenvalue weighted by Crippen LogP contribution is 2.53. The lowest BCUT2D eigenvalue weighted by Gasteiger charge is -2.39. The van der Waals surface area contributed by atoms with Gasteiger partial charge in [-0.15, -0.1) is 0 Å². The summed E-state index contributed by atoms with van der Waals surface area (Å²) in [4.78, 5) is 2.30. The normalized spacial score (nSPS) is 17.2. The molecular formula is C27H22N2O4. The Hall–Kier alpha value is -3.90. The fourth-order valence-electron chi connectivity index (χ4n) is 5.17. The van der Waals surface area contributed by atoms with Crippen LogP contribution in [0.4, 0.5) is 5.69 Å². The van der Waals surface area contributed by atoms with E-state index in [0.29, 0.717) is 0 Å². The molecule has 0 fully saturated rings. The van der Waals surface area contributed by atoms with Crippen molar-refractivity contribution in [3.8, 4) is 34.1 Å². The van der Waals surface area contributed by atoms with Crippen LogP contribution in [0.15, 0.2) is 66.7 Å². The second-order valence-electron chi connectivity index (χ2n) is 8.53. The largest absolute Gasteiger partial charge is 0.454 e. The van der Waals surface area contributed by atoms with Gasteiger partial charge in [0.1, 0.15) is 6.17 Å². The Balaban J connectivity index is 1.43. The monoisotopic (exact) mass is 438 g/mol. The van der Waals surface area contributed by atoms with Gasteiger partial charge < -0.3 is 23.8 Å². The van der Waals surface area contributed by atoms with Crippen LogP contribution >= 0.6 is 0 Å². The molecule has 3 heterocycles. The van der Waals surface area contributed by atoms with Crippen molar-refractivity contribution in [1.82, 2.24) is 5.32 Å². The van der Waals surface area contributed by atoms with E-state index in [9.17, 15) is 0 Å². The molecule has 4 aromatic carbocycles. The zero-order valence-corrected chi connectivity index (χ0v) is 18.1.